The summed E-state index contributed by atoms with van der Waals surface area (Å²) in [5.41, 5.74) is 13.5. The van der Waals surface area contributed by atoms with Gasteiger partial charge in [-0.25, -0.2) is 0 Å². The van der Waals surface area contributed by atoms with Crippen molar-refractivity contribution in [2.45, 2.75) is 38.6 Å². The summed E-state index contributed by atoms with van der Waals surface area (Å²) in [6.45, 7) is 2.13. The molecule has 0 fully saturated rings. The van der Waals surface area contributed by atoms with Crippen molar-refractivity contribution >= 4 is 5.91 Å². The molecule has 1 rings (SSSR count). The average molecular weight is 220 g/mol. The van der Waals surface area contributed by atoms with Gasteiger partial charge in [0.15, 0.2) is 0 Å². The van der Waals surface area contributed by atoms with Gasteiger partial charge in [-0.3, -0.25) is 4.79 Å². The predicted molar refractivity (Wildman–Crippen MR) is 65.8 cm³/mol. The Kier molecular flexibility index (Phi) is 4.99. The largest absolute Gasteiger partial charge is 0.370 e. The molecule has 16 heavy (non-hydrogen) atoms. The van der Waals surface area contributed by atoms with E-state index in [4.69, 9.17) is 11.5 Å². The van der Waals surface area contributed by atoms with Gasteiger partial charge in [-0.15, -0.1) is 0 Å². The summed E-state index contributed by atoms with van der Waals surface area (Å²) in [7, 11) is 0. The number of hydrogen-bond acceptors (Lipinski definition) is 2. The van der Waals surface area contributed by atoms with Crippen LogP contribution in [0.4, 0.5) is 0 Å². The lowest BCUT2D eigenvalue weighted by Gasteiger charge is -2.11. The second kappa shape index (κ2) is 6.28. The molecule has 0 spiro atoms. The number of benzene rings is 1. The smallest absolute Gasteiger partial charge is 0.217 e. The average Bonchev–Trinajstić information content (AvgIpc) is 2.28. The van der Waals surface area contributed by atoms with E-state index in [2.05, 4.69) is 31.2 Å². The molecule has 1 aromatic carbocycles. The fourth-order valence-electron chi connectivity index (χ4n) is 1.66. The lowest BCUT2D eigenvalue weighted by atomic mass is 10.00. The summed E-state index contributed by atoms with van der Waals surface area (Å²) < 4.78 is 0. The van der Waals surface area contributed by atoms with E-state index < -0.39 is 0 Å². The molecule has 1 atom stereocenters. The minimum Gasteiger partial charge on any atom is -0.370 e. The maximum atomic E-state index is 10.6. The van der Waals surface area contributed by atoms with Gasteiger partial charge >= 0.3 is 0 Å². The highest BCUT2D eigenvalue weighted by Crippen LogP contribution is 2.17. The van der Waals surface area contributed by atoms with Crippen molar-refractivity contribution in [1.82, 2.24) is 0 Å². The van der Waals surface area contributed by atoms with Crippen molar-refractivity contribution in [3.8, 4) is 0 Å². The fraction of sp³-hybridized carbons (Fsp3) is 0.462. The number of hydrogen-bond donors (Lipinski definition) is 2. The number of nitrogens with two attached hydrogens (primary N) is 2. The van der Waals surface area contributed by atoms with E-state index in [1.165, 1.54) is 5.56 Å². The lowest BCUT2D eigenvalue weighted by molar-refractivity contribution is -0.118. The molecule has 4 N–H and O–H groups in total. The van der Waals surface area contributed by atoms with Crippen LogP contribution in [0.5, 0.6) is 0 Å². The molecule has 0 saturated heterocycles. The predicted octanol–water partition coefficient (Wildman–Crippen LogP) is 1.90. The van der Waals surface area contributed by atoms with Crippen LogP contribution < -0.4 is 11.5 Å². The Balaban J connectivity index is 2.45. The number of amides is 1. The summed E-state index contributed by atoms with van der Waals surface area (Å²) in [4.78, 5) is 10.6. The maximum absolute atomic E-state index is 10.6. The molecule has 3 heteroatoms. The third-order valence-corrected chi connectivity index (χ3v) is 2.75. The van der Waals surface area contributed by atoms with Crippen molar-refractivity contribution in [1.29, 1.82) is 0 Å². The first-order valence-electron chi connectivity index (χ1n) is 5.76. The molecule has 0 aliphatic carbocycles. The van der Waals surface area contributed by atoms with E-state index in [1.54, 1.807) is 0 Å². The van der Waals surface area contributed by atoms with E-state index in [9.17, 15) is 4.79 Å². The minimum atomic E-state index is -0.256. The van der Waals surface area contributed by atoms with Crippen LogP contribution in [0.15, 0.2) is 24.3 Å². The zero-order valence-electron chi connectivity index (χ0n) is 9.78. The van der Waals surface area contributed by atoms with E-state index in [0.717, 1.165) is 24.8 Å². The molecule has 3 nitrogen and oxygen atoms in total. The number of aryl methyl sites for hydroxylation is 1. The molecule has 0 aliphatic heterocycles. The Morgan fingerprint density at radius 1 is 1.31 bits per heavy atom. The van der Waals surface area contributed by atoms with Gasteiger partial charge in [0.2, 0.25) is 5.91 Å². The van der Waals surface area contributed by atoms with Crippen LogP contribution >= 0.6 is 0 Å². The van der Waals surface area contributed by atoms with Crippen LogP contribution in [0, 0.1) is 0 Å². The molecule has 0 heterocycles. The summed E-state index contributed by atoms with van der Waals surface area (Å²) >= 11 is 0. The van der Waals surface area contributed by atoms with E-state index >= 15 is 0 Å². The summed E-state index contributed by atoms with van der Waals surface area (Å²) in [5.74, 6) is -0.256. The molecular weight excluding hydrogens is 200 g/mol. The van der Waals surface area contributed by atoms with E-state index in [-0.39, 0.29) is 11.9 Å². The first-order valence-corrected chi connectivity index (χ1v) is 5.76. The minimum absolute atomic E-state index is 0.00487. The highest BCUT2D eigenvalue weighted by Gasteiger charge is 2.06. The Hall–Kier alpha value is -1.35. The SMILES string of the molecule is CCc1ccc(C(N)CCCC(N)=O)cc1. The number of carbonyl (C=O) groups excluding carboxylic acids is 1. The Morgan fingerprint density at radius 2 is 1.94 bits per heavy atom. The molecule has 0 aromatic heterocycles. The van der Waals surface area contributed by atoms with E-state index in [1.807, 2.05) is 0 Å². The second-order valence-corrected chi connectivity index (χ2v) is 4.06. The lowest BCUT2D eigenvalue weighted by Crippen LogP contribution is -2.13. The van der Waals surface area contributed by atoms with Crippen LogP contribution in [0.3, 0.4) is 0 Å². The molecule has 0 aliphatic rings. The topological polar surface area (TPSA) is 69.1 Å². The molecular formula is C13H20N2O. The number of rotatable bonds is 6. The van der Waals surface area contributed by atoms with Gasteiger partial charge in [0, 0.05) is 12.5 Å². The van der Waals surface area contributed by atoms with Crippen LogP contribution in [0.2, 0.25) is 0 Å². The number of primary amides is 1. The fourth-order valence-corrected chi connectivity index (χ4v) is 1.66. The molecule has 88 valence electrons. The molecule has 1 amide bonds. The third-order valence-electron chi connectivity index (χ3n) is 2.75. The summed E-state index contributed by atoms with van der Waals surface area (Å²) in [6, 6.07) is 8.33. The van der Waals surface area contributed by atoms with Crippen molar-refractivity contribution in [2.24, 2.45) is 11.5 Å². The van der Waals surface area contributed by atoms with E-state index in [0.29, 0.717) is 6.42 Å². The molecule has 0 radical (unpaired) electrons. The Bertz CT molecular complexity index is 332. The first kappa shape index (κ1) is 12.7. The second-order valence-electron chi connectivity index (χ2n) is 4.06. The molecule has 0 bridgehead atoms. The Morgan fingerprint density at radius 3 is 2.44 bits per heavy atom. The van der Waals surface area contributed by atoms with Crippen molar-refractivity contribution in [3.05, 3.63) is 35.4 Å². The zero-order chi connectivity index (χ0) is 12.0. The van der Waals surface area contributed by atoms with Crippen molar-refractivity contribution in [2.75, 3.05) is 0 Å². The standard InChI is InChI=1S/C13H20N2O/c1-2-10-6-8-11(9-7-10)12(14)4-3-5-13(15)16/h6-9,12H,2-5,14H2,1H3,(H2,15,16). The van der Waals surface area contributed by atoms with Gasteiger partial charge in [0.25, 0.3) is 0 Å². The van der Waals surface area contributed by atoms with Gasteiger partial charge < -0.3 is 11.5 Å². The monoisotopic (exact) mass is 220 g/mol. The van der Waals surface area contributed by atoms with Gasteiger partial charge in [0.05, 0.1) is 0 Å². The zero-order valence-corrected chi connectivity index (χ0v) is 9.78. The molecule has 1 aromatic rings. The molecule has 1 unspecified atom stereocenters. The third kappa shape index (κ3) is 4.03. The number of carbonyl (C=O) groups is 1. The van der Waals surface area contributed by atoms with Crippen LogP contribution in [0.1, 0.15) is 43.4 Å². The quantitative estimate of drug-likeness (QED) is 0.768. The van der Waals surface area contributed by atoms with Gasteiger partial charge in [-0.05, 0) is 30.4 Å². The maximum Gasteiger partial charge on any atom is 0.217 e. The van der Waals surface area contributed by atoms with Crippen molar-refractivity contribution < 1.29 is 4.79 Å². The van der Waals surface area contributed by atoms with Crippen LogP contribution in [0.25, 0.3) is 0 Å². The Labute approximate surface area is 96.8 Å². The van der Waals surface area contributed by atoms with Gasteiger partial charge in [0.1, 0.15) is 0 Å². The van der Waals surface area contributed by atoms with Gasteiger partial charge in [-0.1, -0.05) is 31.2 Å². The summed E-state index contributed by atoms with van der Waals surface area (Å²) in [5, 5.41) is 0. The van der Waals surface area contributed by atoms with Crippen molar-refractivity contribution in [3.63, 3.8) is 0 Å². The highest BCUT2D eigenvalue weighted by atomic mass is 16.1. The molecule has 0 saturated carbocycles. The summed E-state index contributed by atoms with van der Waals surface area (Å²) in [6.07, 6.45) is 3.01. The normalized spacial score (nSPS) is 12.4. The van der Waals surface area contributed by atoms with Gasteiger partial charge in [-0.2, -0.15) is 0 Å². The highest BCUT2D eigenvalue weighted by molar-refractivity contribution is 5.73. The van der Waals surface area contributed by atoms with Crippen LogP contribution in [-0.4, -0.2) is 5.91 Å². The first-order chi connectivity index (χ1) is 7.63. The van der Waals surface area contributed by atoms with Crippen LogP contribution in [-0.2, 0) is 11.2 Å².